The molecule has 0 spiro atoms. The molecule has 0 fully saturated rings. The number of benzene rings is 4. The summed E-state index contributed by atoms with van der Waals surface area (Å²) in [4.78, 5) is 4.47. The van der Waals surface area contributed by atoms with Gasteiger partial charge in [0.15, 0.2) is 0 Å². The Balaban J connectivity index is 0.00000464. The van der Waals surface area contributed by atoms with Crippen LogP contribution in [0.25, 0.3) is 44.4 Å². The first-order valence-electron chi connectivity index (χ1n) is 17.8. The first-order chi connectivity index (χ1) is 24.3. The molecule has 0 saturated carbocycles. The van der Waals surface area contributed by atoms with Crippen molar-refractivity contribution in [3.8, 4) is 34.1 Å². The molecule has 0 aliphatic carbocycles. The van der Waals surface area contributed by atoms with E-state index in [9.17, 15) is 4.39 Å². The Morgan fingerprint density at radius 3 is 2.15 bits per heavy atom. The maximum absolute atomic E-state index is 14.3. The van der Waals surface area contributed by atoms with Crippen LogP contribution in [0.1, 0.15) is 71.1 Å². The van der Waals surface area contributed by atoms with E-state index in [1.807, 2.05) is 64.0 Å². The summed E-state index contributed by atoms with van der Waals surface area (Å²) in [5.74, 6) is 1.19. The van der Waals surface area contributed by atoms with Gasteiger partial charge in [0.2, 0.25) is 0 Å². The van der Waals surface area contributed by atoms with Gasteiger partial charge in [-0.05, 0) is 83.3 Å². The van der Waals surface area contributed by atoms with Gasteiger partial charge in [0.1, 0.15) is 11.6 Å². The van der Waals surface area contributed by atoms with Gasteiger partial charge in [0.05, 0.1) is 6.20 Å². The van der Waals surface area contributed by atoms with Crippen molar-refractivity contribution in [3.05, 3.63) is 132 Å². The largest absolute Gasteiger partial charge is 2.00 e. The number of halogens is 1. The summed E-state index contributed by atoms with van der Waals surface area (Å²) in [6, 6.07) is 32.1. The third kappa shape index (κ3) is 8.23. The van der Waals surface area contributed by atoms with Crippen molar-refractivity contribution in [2.75, 3.05) is 0 Å². The first kappa shape index (κ1) is 37.2. The van der Waals surface area contributed by atoms with Gasteiger partial charge in [-0.15, -0.1) is 35.7 Å². The summed E-state index contributed by atoms with van der Waals surface area (Å²) >= 11 is 0. The smallest absolute Gasteiger partial charge is 0.509 e. The summed E-state index contributed by atoms with van der Waals surface area (Å²) < 4.78 is 24.5. The standard InChI is InChI=1S/C45H45FN4O.Pt/c1-30-23-31(17-20-44(2,3)4)43(32(24-30)18-21-45(5,6)7)33-28-48-49(29-33)35-11-10-12-36(26-35)51-37-15-16-39-38-13-8-9-14-40(38)50(41(39)27-37)42-25-34(46)19-22-47-42;/h8-16,19,22-25,28-29H,17-18,20-21H2,1-7H3;/q-2;+2. The van der Waals surface area contributed by atoms with Gasteiger partial charge in [-0.25, -0.2) is 9.37 Å². The van der Waals surface area contributed by atoms with Crippen molar-refractivity contribution >= 4 is 21.8 Å². The van der Waals surface area contributed by atoms with Crippen LogP contribution < -0.4 is 4.74 Å². The third-order valence-corrected chi connectivity index (χ3v) is 9.32. The number of aryl methyl sites for hydroxylation is 3. The molecule has 0 bridgehead atoms. The van der Waals surface area contributed by atoms with E-state index in [1.165, 1.54) is 40.6 Å². The Labute approximate surface area is 321 Å². The summed E-state index contributed by atoms with van der Waals surface area (Å²) in [7, 11) is 0. The fourth-order valence-corrected chi connectivity index (χ4v) is 6.75. The van der Waals surface area contributed by atoms with Crippen molar-refractivity contribution in [1.82, 2.24) is 19.3 Å². The minimum absolute atomic E-state index is 0. The van der Waals surface area contributed by atoms with E-state index in [4.69, 9.17) is 9.84 Å². The number of nitrogens with zero attached hydrogens (tertiary/aromatic N) is 4. The van der Waals surface area contributed by atoms with Crippen LogP contribution in [0, 0.1) is 35.7 Å². The Morgan fingerprint density at radius 1 is 0.769 bits per heavy atom. The summed E-state index contributed by atoms with van der Waals surface area (Å²) in [6.07, 6.45) is 9.80. The van der Waals surface area contributed by atoms with Crippen LogP contribution >= 0.6 is 0 Å². The van der Waals surface area contributed by atoms with Crippen LogP contribution in [-0.4, -0.2) is 19.3 Å². The van der Waals surface area contributed by atoms with Crippen molar-refractivity contribution in [1.29, 1.82) is 0 Å². The molecule has 0 aliphatic rings. The Kier molecular flexibility index (Phi) is 10.6. The zero-order valence-corrected chi connectivity index (χ0v) is 33.2. The molecule has 0 radical (unpaired) electrons. The van der Waals surface area contributed by atoms with Crippen LogP contribution in [0.15, 0.2) is 97.5 Å². The molecule has 3 aromatic heterocycles. The van der Waals surface area contributed by atoms with Crippen molar-refractivity contribution in [3.63, 3.8) is 0 Å². The van der Waals surface area contributed by atoms with Crippen molar-refractivity contribution in [2.45, 2.75) is 74.1 Å². The van der Waals surface area contributed by atoms with Gasteiger partial charge >= 0.3 is 21.1 Å². The predicted molar refractivity (Wildman–Crippen MR) is 206 cm³/mol. The molecule has 5 nitrogen and oxygen atoms in total. The third-order valence-electron chi connectivity index (χ3n) is 9.32. The number of aromatic nitrogens is 4. The summed E-state index contributed by atoms with van der Waals surface area (Å²) in [6.45, 7) is 16.1. The minimum atomic E-state index is -0.351. The molecule has 0 unspecified atom stereocenters. The summed E-state index contributed by atoms with van der Waals surface area (Å²) in [5, 5.41) is 6.84. The Hall–Kier alpha value is -4.54. The van der Waals surface area contributed by atoms with Crippen LogP contribution in [0.2, 0.25) is 0 Å². The molecule has 0 aliphatic heterocycles. The van der Waals surface area contributed by atoms with Crippen LogP contribution in [-0.2, 0) is 33.9 Å². The normalized spacial score (nSPS) is 12.0. The SMILES string of the molecule is Cc1cc(CCC(C)(C)C)c(-c2cnn(-c3[c-]c(Oc4[c-]c5c(cc4)c4ccccc4n5-c4cc(F)ccn4)ccc3)c2)c(CCC(C)(C)C)c1.[Pt+2]. The van der Waals surface area contributed by atoms with Crippen LogP contribution in [0.3, 0.4) is 0 Å². The second kappa shape index (κ2) is 14.8. The van der Waals surface area contributed by atoms with Crippen LogP contribution in [0.4, 0.5) is 4.39 Å². The average Bonchev–Trinajstić information content (AvgIpc) is 3.69. The quantitative estimate of drug-likeness (QED) is 0.136. The molecule has 7 rings (SSSR count). The Morgan fingerprint density at radius 2 is 1.46 bits per heavy atom. The molecule has 0 atom stereocenters. The average molecular weight is 872 g/mol. The van der Waals surface area contributed by atoms with Gasteiger partial charge in [0.25, 0.3) is 0 Å². The monoisotopic (exact) mass is 871 g/mol. The van der Waals surface area contributed by atoms with Gasteiger partial charge in [0, 0.05) is 41.0 Å². The molecule has 268 valence electrons. The molecule has 0 saturated heterocycles. The molecular weight excluding hydrogens is 827 g/mol. The van der Waals surface area contributed by atoms with E-state index in [0.717, 1.165) is 58.7 Å². The number of para-hydroxylation sites is 1. The zero-order valence-electron chi connectivity index (χ0n) is 31.0. The molecule has 52 heavy (non-hydrogen) atoms. The second-order valence-electron chi connectivity index (χ2n) is 16.0. The molecule has 4 aromatic carbocycles. The minimum Gasteiger partial charge on any atom is -0.509 e. The summed E-state index contributed by atoms with van der Waals surface area (Å²) in [5.41, 5.74) is 9.40. The second-order valence-corrected chi connectivity index (χ2v) is 16.0. The fourth-order valence-electron chi connectivity index (χ4n) is 6.75. The molecule has 0 N–H and O–H groups in total. The first-order valence-corrected chi connectivity index (χ1v) is 17.8. The van der Waals surface area contributed by atoms with E-state index in [-0.39, 0.29) is 37.7 Å². The molecule has 3 heterocycles. The van der Waals surface area contributed by atoms with Crippen molar-refractivity contribution < 1.29 is 30.2 Å². The number of rotatable bonds is 9. The van der Waals surface area contributed by atoms with E-state index < -0.39 is 0 Å². The maximum Gasteiger partial charge on any atom is 2.00 e. The van der Waals surface area contributed by atoms with Crippen molar-refractivity contribution in [2.24, 2.45) is 10.8 Å². The number of hydrogen-bond donors (Lipinski definition) is 0. The number of ether oxygens (including phenoxy) is 1. The van der Waals surface area contributed by atoms with E-state index in [1.54, 1.807) is 0 Å². The zero-order chi connectivity index (χ0) is 35.9. The van der Waals surface area contributed by atoms with E-state index >= 15 is 0 Å². The topological polar surface area (TPSA) is 44.9 Å². The van der Waals surface area contributed by atoms with Gasteiger partial charge in [-0.2, -0.15) is 17.2 Å². The van der Waals surface area contributed by atoms with Gasteiger partial charge < -0.3 is 9.30 Å². The maximum atomic E-state index is 14.3. The Bertz CT molecular complexity index is 2320. The van der Waals surface area contributed by atoms with Gasteiger partial charge in [-0.3, -0.25) is 4.68 Å². The number of hydrogen-bond acceptors (Lipinski definition) is 3. The van der Waals surface area contributed by atoms with E-state index in [2.05, 4.69) is 90.0 Å². The number of fused-ring (bicyclic) bond motifs is 3. The molecule has 0 amide bonds. The van der Waals surface area contributed by atoms with Crippen LogP contribution in [0.5, 0.6) is 11.5 Å². The van der Waals surface area contributed by atoms with Gasteiger partial charge in [-0.1, -0.05) is 83.0 Å². The molecule has 7 heteroatoms. The fraction of sp³-hybridized carbons (Fsp3) is 0.289. The number of pyridine rings is 1. The predicted octanol–water partition coefficient (Wildman–Crippen LogP) is 11.8. The molecular formula is C45H45FN4OPt. The molecule has 7 aromatic rings. The van der Waals surface area contributed by atoms with E-state index in [0.29, 0.717) is 17.3 Å².